The van der Waals surface area contributed by atoms with Crippen LogP contribution in [0.4, 0.5) is 22.7 Å². The third-order valence-electron chi connectivity index (χ3n) is 2.45. The van der Waals surface area contributed by atoms with E-state index in [2.05, 4.69) is 0 Å². The molecular weight excluding hydrogens is 212 g/mol. The van der Waals surface area contributed by atoms with Crippen LogP contribution >= 0.6 is 0 Å². The van der Waals surface area contributed by atoms with Crippen molar-refractivity contribution in [1.82, 2.24) is 0 Å². The van der Waals surface area contributed by atoms with Gasteiger partial charge in [0, 0.05) is 0 Å². The highest BCUT2D eigenvalue weighted by molar-refractivity contribution is 5.95. The number of nitrogens with two attached hydrogens (primary N) is 4. The van der Waals surface area contributed by atoms with E-state index in [1.807, 2.05) is 0 Å². The van der Waals surface area contributed by atoms with Gasteiger partial charge in [-0.25, -0.2) is 9.80 Å². The van der Waals surface area contributed by atoms with Gasteiger partial charge in [0.2, 0.25) is 6.17 Å². The van der Waals surface area contributed by atoms with Crippen LogP contribution in [-0.2, 0) is 0 Å². The Bertz CT molecular complexity index is 486. The van der Waals surface area contributed by atoms with Crippen LogP contribution in [0.15, 0.2) is 12.1 Å². The first-order chi connectivity index (χ1) is 7.45. The summed E-state index contributed by atoms with van der Waals surface area (Å²) in [5.74, 6) is -0.257. The Morgan fingerprint density at radius 3 is 2.44 bits per heavy atom. The molecule has 1 aliphatic heterocycles. The number of nitrogen functional groups attached to an aromatic ring is 2. The third-order valence-corrected chi connectivity index (χ3v) is 2.45. The summed E-state index contributed by atoms with van der Waals surface area (Å²) < 4.78 is 0.373. The monoisotopic (exact) mass is 224 g/mol. The molecular formula is C8H12N6O2. The van der Waals surface area contributed by atoms with Gasteiger partial charge in [-0.1, -0.05) is 0 Å². The van der Waals surface area contributed by atoms with Gasteiger partial charge in [0.25, 0.3) is 5.84 Å². The highest BCUT2D eigenvalue weighted by Crippen LogP contribution is 2.40. The van der Waals surface area contributed by atoms with Crippen molar-refractivity contribution in [3.63, 3.8) is 0 Å². The van der Waals surface area contributed by atoms with Crippen molar-refractivity contribution in [2.75, 3.05) is 16.5 Å². The average molecular weight is 224 g/mol. The molecule has 0 bridgehead atoms. The third kappa shape index (κ3) is 1.14. The molecule has 0 fully saturated rings. The predicted octanol–water partition coefficient (Wildman–Crippen LogP) is -1.16. The molecule has 1 heterocycles. The Morgan fingerprint density at radius 2 is 1.81 bits per heavy atom. The molecule has 8 heteroatoms. The maximum atomic E-state index is 11.7. The molecule has 2 rings (SSSR count). The summed E-state index contributed by atoms with van der Waals surface area (Å²) in [6, 6.07) is 2.93. The van der Waals surface area contributed by atoms with Crippen LogP contribution in [0.1, 0.15) is 0 Å². The number of rotatable bonds is 0. The highest BCUT2D eigenvalue weighted by Gasteiger charge is 2.34. The first-order valence-corrected chi connectivity index (χ1v) is 4.46. The average Bonchev–Trinajstić information content (AvgIpc) is 2.26. The first kappa shape index (κ1) is 10.3. The van der Waals surface area contributed by atoms with Crippen LogP contribution in [0.5, 0.6) is 0 Å². The molecule has 9 N–H and O–H groups in total. The maximum absolute atomic E-state index is 11.7. The molecule has 0 spiro atoms. The zero-order valence-electron chi connectivity index (χ0n) is 8.29. The van der Waals surface area contributed by atoms with Gasteiger partial charge in [-0.05, 0) is 12.1 Å². The molecule has 0 aromatic heterocycles. The van der Waals surface area contributed by atoms with Crippen molar-refractivity contribution in [1.29, 1.82) is 0 Å². The second-order valence-corrected chi connectivity index (χ2v) is 3.45. The number of benzene rings is 1. The van der Waals surface area contributed by atoms with Crippen molar-refractivity contribution < 1.29 is 9.95 Å². The maximum Gasteiger partial charge on any atom is 0.291 e. The van der Waals surface area contributed by atoms with Gasteiger partial charge in [0.15, 0.2) is 5.69 Å². The van der Waals surface area contributed by atoms with Crippen LogP contribution in [0.2, 0.25) is 0 Å². The summed E-state index contributed by atoms with van der Waals surface area (Å²) in [6.07, 6.45) is -1.14. The summed E-state index contributed by atoms with van der Waals surface area (Å²) >= 11 is 0. The van der Waals surface area contributed by atoms with E-state index in [0.29, 0.717) is 9.80 Å². The lowest BCUT2D eigenvalue weighted by atomic mass is 10.1. The number of hydrogen-bond acceptors (Lipinski definition) is 7. The molecule has 0 saturated heterocycles. The largest absolute Gasteiger partial charge is 0.710 e. The molecule has 1 unspecified atom stereocenters. The standard InChI is InChI=1S/C8H12N6O2/c9-3-1-2-4(10)6-5(3)13(15)7(11)8(12)14(6)16/h1-2,7,15H,9-12H2. The number of hydrogen-bond donors (Lipinski definition) is 5. The van der Waals surface area contributed by atoms with E-state index in [9.17, 15) is 10.4 Å². The van der Waals surface area contributed by atoms with Gasteiger partial charge < -0.3 is 16.7 Å². The van der Waals surface area contributed by atoms with E-state index in [1.165, 1.54) is 12.1 Å². The van der Waals surface area contributed by atoms with Crippen LogP contribution < -0.4 is 28.0 Å². The molecule has 1 aromatic carbocycles. The second kappa shape index (κ2) is 3.15. The Morgan fingerprint density at radius 1 is 1.25 bits per heavy atom. The van der Waals surface area contributed by atoms with E-state index in [0.717, 1.165) is 0 Å². The number of amidine groups is 1. The summed E-state index contributed by atoms with van der Waals surface area (Å²) in [5, 5.41) is 22.1. The Kier molecular flexibility index (Phi) is 2.04. The summed E-state index contributed by atoms with van der Waals surface area (Å²) in [7, 11) is 0. The Labute approximate surface area is 90.9 Å². The SMILES string of the molecule is NC1=[N+]([O-])c2c(N)ccc(N)c2N(O)C1N. The van der Waals surface area contributed by atoms with Crippen molar-refractivity contribution >= 4 is 28.6 Å². The molecule has 0 aliphatic carbocycles. The molecule has 0 amide bonds. The molecule has 0 saturated carbocycles. The lowest BCUT2D eigenvalue weighted by molar-refractivity contribution is -0.365. The van der Waals surface area contributed by atoms with Gasteiger partial charge in [0.1, 0.15) is 5.69 Å². The lowest BCUT2D eigenvalue weighted by Crippen LogP contribution is -2.55. The van der Waals surface area contributed by atoms with Crippen LogP contribution in [0.3, 0.4) is 0 Å². The molecule has 1 aromatic rings. The molecule has 86 valence electrons. The molecule has 8 nitrogen and oxygen atoms in total. The van der Waals surface area contributed by atoms with Crippen molar-refractivity contribution in [2.45, 2.75) is 6.17 Å². The number of hydroxylamine groups is 1. The zero-order valence-corrected chi connectivity index (χ0v) is 8.29. The van der Waals surface area contributed by atoms with Crippen molar-refractivity contribution in [2.24, 2.45) is 11.5 Å². The fraction of sp³-hybridized carbons (Fsp3) is 0.125. The predicted molar refractivity (Wildman–Crippen MR) is 60.0 cm³/mol. The number of fused-ring (bicyclic) bond motifs is 1. The number of anilines is 3. The second-order valence-electron chi connectivity index (χ2n) is 3.45. The molecule has 1 atom stereocenters. The minimum Gasteiger partial charge on any atom is -0.710 e. The van der Waals surface area contributed by atoms with Gasteiger partial charge in [0.05, 0.1) is 11.4 Å². The lowest BCUT2D eigenvalue weighted by Gasteiger charge is -2.32. The fourth-order valence-corrected chi connectivity index (χ4v) is 1.58. The van der Waals surface area contributed by atoms with Gasteiger partial charge >= 0.3 is 0 Å². The Hall–Kier alpha value is -2.19. The summed E-state index contributed by atoms with van der Waals surface area (Å²) in [5.41, 5.74) is 22.7. The smallest absolute Gasteiger partial charge is 0.291 e. The van der Waals surface area contributed by atoms with Crippen LogP contribution in [0, 0.1) is 5.21 Å². The topological polar surface area (TPSA) is 154 Å². The summed E-state index contributed by atoms with van der Waals surface area (Å²) in [6.45, 7) is 0. The van der Waals surface area contributed by atoms with Crippen molar-refractivity contribution in [3.8, 4) is 0 Å². The number of nitrogens with zero attached hydrogens (tertiary/aromatic N) is 2. The van der Waals surface area contributed by atoms with E-state index >= 15 is 0 Å². The van der Waals surface area contributed by atoms with Gasteiger partial charge in [-0.15, -0.1) is 0 Å². The molecule has 0 radical (unpaired) electrons. The molecule has 1 aliphatic rings. The van der Waals surface area contributed by atoms with Crippen LogP contribution in [-0.4, -0.2) is 21.9 Å². The summed E-state index contributed by atoms with van der Waals surface area (Å²) in [4.78, 5) is 0. The highest BCUT2D eigenvalue weighted by atomic mass is 16.5. The van der Waals surface area contributed by atoms with E-state index < -0.39 is 6.17 Å². The fourth-order valence-electron chi connectivity index (χ4n) is 1.58. The van der Waals surface area contributed by atoms with Crippen LogP contribution in [0.25, 0.3) is 0 Å². The minimum atomic E-state index is -1.14. The van der Waals surface area contributed by atoms with E-state index in [4.69, 9.17) is 22.9 Å². The zero-order chi connectivity index (χ0) is 12.0. The van der Waals surface area contributed by atoms with E-state index in [1.54, 1.807) is 0 Å². The quantitative estimate of drug-likeness (QED) is 0.211. The first-order valence-electron chi connectivity index (χ1n) is 4.46. The van der Waals surface area contributed by atoms with Gasteiger partial charge in [-0.3, -0.25) is 16.7 Å². The van der Waals surface area contributed by atoms with Gasteiger partial charge in [-0.2, -0.15) is 0 Å². The van der Waals surface area contributed by atoms with Crippen molar-refractivity contribution in [3.05, 3.63) is 17.3 Å². The normalized spacial score (nSPS) is 19.9. The Balaban J connectivity index is 2.80. The minimum absolute atomic E-state index is 0.00157. The molecule has 16 heavy (non-hydrogen) atoms. The van der Waals surface area contributed by atoms with E-state index in [-0.39, 0.29) is 28.6 Å².